The first kappa shape index (κ1) is 25.2. The Balaban J connectivity index is 1.82. The first-order chi connectivity index (χ1) is 13.9. The SMILES string of the molecule is CC(C)C(=O)CCOCCOCCOCCOCCC(=O)ON1C(=O)CCC1=O. The topological polar surface area (TPSA) is 118 Å². The fraction of sp³-hybridized carbons (Fsp3) is 0.789. The summed E-state index contributed by atoms with van der Waals surface area (Å²) in [5.74, 6) is -1.48. The van der Waals surface area contributed by atoms with Crippen LogP contribution in [0.15, 0.2) is 0 Å². The third-order valence-corrected chi connectivity index (χ3v) is 3.90. The van der Waals surface area contributed by atoms with Crippen LogP contribution in [0.4, 0.5) is 0 Å². The third-order valence-electron chi connectivity index (χ3n) is 3.90. The quantitative estimate of drug-likeness (QED) is 0.248. The molecule has 1 fully saturated rings. The molecular weight excluding hydrogens is 386 g/mol. The van der Waals surface area contributed by atoms with E-state index in [0.717, 1.165) is 0 Å². The van der Waals surface area contributed by atoms with Crippen molar-refractivity contribution < 1.29 is 43.0 Å². The molecule has 2 amide bonds. The lowest BCUT2D eigenvalue weighted by Crippen LogP contribution is -2.32. The van der Waals surface area contributed by atoms with E-state index < -0.39 is 17.8 Å². The molecule has 10 nitrogen and oxygen atoms in total. The van der Waals surface area contributed by atoms with E-state index in [1.807, 2.05) is 13.8 Å². The largest absolute Gasteiger partial charge is 0.379 e. The van der Waals surface area contributed by atoms with Crippen molar-refractivity contribution in [3.05, 3.63) is 0 Å². The zero-order chi connectivity index (χ0) is 21.5. The Morgan fingerprint density at radius 1 is 0.759 bits per heavy atom. The Kier molecular flexibility index (Phi) is 13.0. The monoisotopic (exact) mass is 417 g/mol. The number of carbonyl (C=O) groups is 4. The van der Waals surface area contributed by atoms with Crippen LogP contribution >= 0.6 is 0 Å². The molecule has 0 aromatic carbocycles. The molecule has 1 heterocycles. The Hall–Kier alpha value is -1.88. The Labute approximate surface area is 170 Å². The summed E-state index contributed by atoms with van der Waals surface area (Å²) < 4.78 is 21.2. The molecule has 0 radical (unpaired) electrons. The minimum absolute atomic E-state index is 0.0380. The number of hydroxylamine groups is 2. The van der Waals surface area contributed by atoms with Crippen molar-refractivity contribution in [2.75, 3.05) is 52.9 Å². The molecule has 0 bridgehead atoms. The van der Waals surface area contributed by atoms with Gasteiger partial charge in [0.2, 0.25) is 0 Å². The Morgan fingerprint density at radius 2 is 1.17 bits per heavy atom. The summed E-state index contributed by atoms with van der Waals surface area (Å²) in [6.45, 7) is 6.56. The van der Waals surface area contributed by atoms with Gasteiger partial charge in [-0.2, -0.15) is 0 Å². The summed E-state index contributed by atoms with van der Waals surface area (Å²) in [6, 6.07) is 0. The number of imide groups is 1. The molecular formula is C19H31NO9. The molecule has 0 saturated carbocycles. The summed E-state index contributed by atoms with van der Waals surface area (Å²) in [6.07, 6.45) is 0.488. The molecule has 0 unspecified atom stereocenters. The van der Waals surface area contributed by atoms with Gasteiger partial charge in [0.1, 0.15) is 5.78 Å². The number of ether oxygens (including phenoxy) is 4. The number of carbonyl (C=O) groups excluding carboxylic acids is 4. The van der Waals surface area contributed by atoms with Crippen LogP contribution < -0.4 is 0 Å². The van der Waals surface area contributed by atoms with E-state index in [2.05, 4.69) is 0 Å². The molecule has 1 rings (SSSR count). The van der Waals surface area contributed by atoms with E-state index in [0.29, 0.717) is 57.7 Å². The van der Waals surface area contributed by atoms with Crippen molar-refractivity contribution in [3.8, 4) is 0 Å². The van der Waals surface area contributed by atoms with Crippen molar-refractivity contribution in [2.45, 2.75) is 39.5 Å². The molecule has 10 heteroatoms. The minimum atomic E-state index is -0.696. The number of ketones is 1. The highest BCUT2D eigenvalue weighted by molar-refractivity contribution is 6.01. The van der Waals surface area contributed by atoms with Gasteiger partial charge < -0.3 is 23.8 Å². The predicted molar refractivity (Wildman–Crippen MR) is 99.5 cm³/mol. The second kappa shape index (κ2) is 15.0. The summed E-state index contributed by atoms with van der Waals surface area (Å²) in [5, 5.41) is 0.516. The van der Waals surface area contributed by atoms with Crippen LogP contribution in [0.25, 0.3) is 0 Å². The highest BCUT2D eigenvalue weighted by atomic mass is 16.7. The van der Waals surface area contributed by atoms with Crippen LogP contribution in [0.1, 0.15) is 39.5 Å². The molecule has 0 atom stereocenters. The van der Waals surface area contributed by atoms with Gasteiger partial charge in [-0.1, -0.05) is 13.8 Å². The number of rotatable bonds is 17. The summed E-state index contributed by atoms with van der Waals surface area (Å²) in [7, 11) is 0. The van der Waals surface area contributed by atoms with Crippen LogP contribution in [0.3, 0.4) is 0 Å². The smallest absolute Gasteiger partial charge is 0.335 e. The van der Waals surface area contributed by atoms with Crippen molar-refractivity contribution in [3.63, 3.8) is 0 Å². The number of amides is 2. The third kappa shape index (κ3) is 11.6. The van der Waals surface area contributed by atoms with Crippen LogP contribution in [-0.2, 0) is 43.0 Å². The molecule has 1 aliphatic rings. The normalized spacial score (nSPS) is 14.1. The summed E-state index contributed by atoms with van der Waals surface area (Å²) in [5.41, 5.74) is 0. The Bertz CT molecular complexity index is 520. The van der Waals surface area contributed by atoms with Crippen LogP contribution in [-0.4, -0.2) is 81.5 Å². The van der Waals surface area contributed by atoms with Gasteiger partial charge in [0.15, 0.2) is 0 Å². The highest BCUT2D eigenvalue weighted by Gasteiger charge is 2.32. The lowest BCUT2D eigenvalue weighted by atomic mass is 10.1. The second-order valence-corrected chi connectivity index (χ2v) is 6.62. The molecule has 0 N–H and O–H groups in total. The molecule has 0 aromatic rings. The predicted octanol–water partition coefficient (Wildman–Crippen LogP) is 0.665. The van der Waals surface area contributed by atoms with E-state index in [4.69, 9.17) is 23.8 Å². The van der Waals surface area contributed by atoms with Gasteiger partial charge in [-0.05, 0) is 0 Å². The molecule has 0 aromatic heterocycles. The molecule has 1 aliphatic heterocycles. The standard InChI is InChI=1S/C19H31NO9/c1-15(2)16(21)5-7-25-9-11-27-13-14-28-12-10-26-8-6-19(24)29-20-17(22)3-4-18(20)23/h15H,3-14H2,1-2H3. The van der Waals surface area contributed by atoms with Crippen LogP contribution in [0.5, 0.6) is 0 Å². The van der Waals surface area contributed by atoms with E-state index in [1.54, 1.807) is 0 Å². The van der Waals surface area contributed by atoms with Gasteiger partial charge in [0.25, 0.3) is 11.8 Å². The molecule has 1 saturated heterocycles. The first-order valence-electron chi connectivity index (χ1n) is 9.82. The summed E-state index contributed by atoms with van der Waals surface area (Å²) >= 11 is 0. The molecule has 0 aliphatic carbocycles. The highest BCUT2D eigenvalue weighted by Crippen LogP contribution is 2.12. The molecule has 166 valence electrons. The number of Topliss-reactive ketones (excluding diaryl/α,β-unsaturated/α-hetero) is 1. The van der Waals surface area contributed by atoms with E-state index in [1.165, 1.54) is 0 Å². The number of hydrogen-bond acceptors (Lipinski definition) is 9. The Morgan fingerprint density at radius 3 is 1.62 bits per heavy atom. The number of hydrogen-bond donors (Lipinski definition) is 0. The maximum absolute atomic E-state index is 11.5. The number of nitrogens with zero attached hydrogens (tertiary/aromatic N) is 1. The van der Waals surface area contributed by atoms with Gasteiger partial charge >= 0.3 is 5.97 Å². The second-order valence-electron chi connectivity index (χ2n) is 6.62. The van der Waals surface area contributed by atoms with Crippen molar-refractivity contribution in [1.82, 2.24) is 5.06 Å². The van der Waals surface area contributed by atoms with Gasteiger partial charge in [0, 0.05) is 25.2 Å². The van der Waals surface area contributed by atoms with Gasteiger partial charge in [-0.3, -0.25) is 14.4 Å². The van der Waals surface area contributed by atoms with Crippen molar-refractivity contribution in [1.29, 1.82) is 0 Å². The molecule has 29 heavy (non-hydrogen) atoms. The fourth-order valence-electron chi connectivity index (χ4n) is 2.18. The summed E-state index contributed by atoms with van der Waals surface area (Å²) in [4.78, 5) is 50.2. The fourth-order valence-corrected chi connectivity index (χ4v) is 2.18. The van der Waals surface area contributed by atoms with E-state index in [9.17, 15) is 19.2 Å². The maximum Gasteiger partial charge on any atom is 0.335 e. The van der Waals surface area contributed by atoms with Gasteiger partial charge in [0.05, 0.1) is 59.3 Å². The zero-order valence-corrected chi connectivity index (χ0v) is 17.2. The molecule has 0 spiro atoms. The average molecular weight is 417 g/mol. The zero-order valence-electron chi connectivity index (χ0n) is 17.2. The van der Waals surface area contributed by atoms with Gasteiger partial charge in [-0.15, -0.1) is 5.06 Å². The van der Waals surface area contributed by atoms with E-state index in [-0.39, 0.29) is 37.6 Å². The lowest BCUT2D eigenvalue weighted by Gasteiger charge is -2.12. The average Bonchev–Trinajstić information content (AvgIpc) is 2.99. The van der Waals surface area contributed by atoms with Crippen LogP contribution in [0.2, 0.25) is 0 Å². The van der Waals surface area contributed by atoms with Crippen LogP contribution in [0, 0.1) is 5.92 Å². The van der Waals surface area contributed by atoms with E-state index >= 15 is 0 Å². The first-order valence-corrected chi connectivity index (χ1v) is 9.82. The van der Waals surface area contributed by atoms with Gasteiger partial charge in [-0.25, -0.2) is 4.79 Å². The lowest BCUT2D eigenvalue weighted by molar-refractivity contribution is -0.198. The maximum atomic E-state index is 11.5. The minimum Gasteiger partial charge on any atom is -0.379 e. The van der Waals surface area contributed by atoms with Crippen molar-refractivity contribution >= 4 is 23.6 Å². The van der Waals surface area contributed by atoms with Crippen molar-refractivity contribution in [2.24, 2.45) is 5.92 Å².